The number of benzene rings is 5. The molecule has 0 heterocycles. The molecule has 1 atom stereocenters. The Kier molecular flexibility index (Phi) is 2.93. The summed E-state index contributed by atoms with van der Waals surface area (Å²) < 4.78 is 0. The quantitative estimate of drug-likeness (QED) is 0.260. The molecule has 114 valence electrons. The predicted octanol–water partition coefficient (Wildman–Crippen LogP) is 6.06. The summed E-state index contributed by atoms with van der Waals surface area (Å²) in [6, 6.07) is 26.7. The van der Waals surface area contributed by atoms with Crippen molar-refractivity contribution in [1.82, 2.24) is 0 Å². The summed E-state index contributed by atoms with van der Waals surface area (Å²) in [4.78, 5) is 0. The molecule has 0 nitrogen and oxygen atoms in total. The van der Waals surface area contributed by atoms with Gasteiger partial charge in [-0.25, -0.2) is 0 Å². The fraction of sp³-hybridized carbons (Fsp3) is 0.0435. The van der Waals surface area contributed by atoms with Gasteiger partial charge in [0.2, 0.25) is 0 Å². The number of aryl methyl sites for hydroxylation is 1. The van der Waals surface area contributed by atoms with Crippen LogP contribution in [0, 0.1) is 6.92 Å². The molecule has 0 amide bonds. The van der Waals surface area contributed by atoms with Crippen LogP contribution >= 0.6 is 9.24 Å². The van der Waals surface area contributed by atoms with Crippen LogP contribution in [0.3, 0.4) is 0 Å². The van der Waals surface area contributed by atoms with E-state index >= 15 is 0 Å². The van der Waals surface area contributed by atoms with Crippen molar-refractivity contribution in [2.45, 2.75) is 6.92 Å². The molecule has 0 aromatic heterocycles. The van der Waals surface area contributed by atoms with E-state index in [1.54, 1.807) is 0 Å². The third-order valence-corrected chi connectivity index (χ3v) is 5.44. The van der Waals surface area contributed by atoms with Gasteiger partial charge in [-0.3, -0.25) is 0 Å². The van der Waals surface area contributed by atoms with Crippen molar-refractivity contribution in [3.63, 3.8) is 0 Å². The first-order valence-corrected chi connectivity index (χ1v) is 8.83. The second kappa shape index (κ2) is 5.03. The number of rotatable bonds is 1. The van der Waals surface area contributed by atoms with E-state index in [1.165, 1.54) is 54.3 Å². The van der Waals surface area contributed by atoms with Crippen molar-refractivity contribution in [3.05, 3.63) is 78.4 Å². The first-order valence-electron chi connectivity index (χ1n) is 8.25. The maximum absolute atomic E-state index is 2.94. The van der Waals surface area contributed by atoms with Crippen molar-refractivity contribution in [2.24, 2.45) is 0 Å². The fourth-order valence-corrected chi connectivity index (χ4v) is 4.46. The van der Waals surface area contributed by atoms with Gasteiger partial charge in [0.25, 0.3) is 0 Å². The fourth-order valence-electron chi connectivity index (χ4n) is 3.96. The van der Waals surface area contributed by atoms with Crippen LogP contribution < -0.4 is 5.30 Å². The lowest BCUT2D eigenvalue weighted by Crippen LogP contribution is -2.00. The Hall–Kier alpha value is -2.43. The van der Waals surface area contributed by atoms with E-state index in [0.717, 1.165) is 0 Å². The Morgan fingerprint density at radius 3 is 2.17 bits per heavy atom. The van der Waals surface area contributed by atoms with Gasteiger partial charge in [0.15, 0.2) is 0 Å². The first-order chi connectivity index (χ1) is 11.7. The monoisotopic (exact) mass is 324 g/mol. The Morgan fingerprint density at radius 2 is 1.38 bits per heavy atom. The molecule has 0 radical (unpaired) electrons. The molecule has 0 aliphatic carbocycles. The normalized spacial score (nSPS) is 11.8. The Balaban J connectivity index is 2.03. The summed E-state index contributed by atoms with van der Waals surface area (Å²) in [5, 5.41) is 9.31. The maximum Gasteiger partial charge on any atom is -0.00201 e. The minimum atomic E-state index is 1.26. The Labute approximate surface area is 143 Å². The second-order valence-electron chi connectivity index (χ2n) is 6.57. The average Bonchev–Trinajstić information content (AvgIpc) is 2.59. The zero-order chi connectivity index (χ0) is 16.3. The first kappa shape index (κ1) is 14.0. The molecule has 0 N–H and O–H groups in total. The highest BCUT2D eigenvalue weighted by atomic mass is 31.0. The van der Waals surface area contributed by atoms with Gasteiger partial charge in [0, 0.05) is 0 Å². The smallest absolute Gasteiger partial charge is 0.00201 e. The van der Waals surface area contributed by atoms with E-state index in [0.29, 0.717) is 0 Å². The zero-order valence-corrected chi connectivity index (χ0v) is 14.7. The highest BCUT2D eigenvalue weighted by molar-refractivity contribution is 7.28. The van der Waals surface area contributed by atoms with E-state index in [9.17, 15) is 0 Å². The molecule has 0 fully saturated rings. The molecule has 24 heavy (non-hydrogen) atoms. The summed E-state index contributed by atoms with van der Waals surface area (Å²) in [6.07, 6.45) is 0. The topological polar surface area (TPSA) is 0 Å². The zero-order valence-electron chi connectivity index (χ0n) is 13.5. The van der Waals surface area contributed by atoms with Crippen LogP contribution in [0.1, 0.15) is 5.56 Å². The van der Waals surface area contributed by atoms with Crippen molar-refractivity contribution >= 4 is 46.9 Å². The molecule has 5 aromatic rings. The van der Waals surface area contributed by atoms with E-state index in [1.807, 2.05) is 0 Å². The SMILES string of the molecule is Cc1cccc(-c2c(P)cc3ccc4cccc5ccc2c3c45)c1. The van der Waals surface area contributed by atoms with Crippen molar-refractivity contribution < 1.29 is 0 Å². The van der Waals surface area contributed by atoms with Crippen molar-refractivity contribution in [3.8, 4) is 11.1 Å². The third-order valence-electron chi connectivity index (χ3n) is 4.98. The number of hydrogen-bond donors (Lipinski definition) is 0. The van der Waals surface area contributed by atoms with Crippen molar-refractivity contribution in [1.29, 1.82) is 0 Å². The van der Waals surface area contributed by atoms with E-state index in [-0.39, 0.29) is 0 Å². The second-order valence-corrected chi connectivity index (χ2v) is 7.19. The molecule has 1 unspecified atom stereocenters. The Morgan fingerprint density at radius 1 is 0.667 bits per heavy atom. The molecular weight excluding hydrogens is 307 g/mol. The molecule has 1 heteroatoms. The lowest BCUT2D eigenvalue weighted by molar-refractivity contribution is 1.47. The van der Waals surface area contributed by atoms with Gasteiger partial charge in [0.1, 0.15) is 0 Å². The summed E-state index contributed by atoms with van der Waals surface area (Å²) in [5.74, 6) is 0. The van der Waals surface area contributed by atoms with Crippen molar-refractivity contribution in [2.75, 3.05) is 0 Å². The summed E-state index contributed by atoms with van der Waals surface area (Å²) in [5.41, 5.74) is 3.91. The summed E-state index contributed by atoms with van der Waals surface area (Å²) >= 11 is 0. The van der Waals surface area contributed by atoms with Gasteiger partial charge in [0.05, 0.1) is 0 Å². The molecule has 0 saturated carbocycles. The summed E-state index contributed by atoms with van der Waals surface area (Å²) in [7, 11) is 2.94. The average molecular weight is 324 g/mol. The van der Waals surface area contributed by atoms with Crippen LogP contribution in [0.5, 0.6) is 0 Å². The predicted molar refractivity (Wildman–Crippen MR) is 110 cm³/mol. The maximum atomic E-state index is 2.94. The largest absolute Gasteiger partial charge is 0.105 e. The molecular formula is C23H17P. The van der Waals surface area contributed by atoms with Crippen LogP contribution in [-0.4, -0.2) is 0 Å². The molecule has 0 bridgehead atoms. The Bertz CT molecular complexity index is 1200. The van der Waals surface area contributed by atoms with Gasteiger partial charge in [-0.1, -0.05) is 72.3 Å². The van der Waals surface area contributed by atoms with Gasteiger partial charge in [-0.15, -0.1) is 9.24 Å². The summed E-state index contributed by atoms with van der Waals surface area (Å²) in [6.45, 7) is 2.15. The van der Waals surface area contributed by atoms with Gasteiger partial charge in [-0.05, 0) is 61.7 Å². The molecule has 5 rings (SSSR count). The van der Waals surface area contributed by atoms with E-state index in [4.69, 9.17) is 0 Å². The highest BCUT2D eigenvalue weighted by Gasteiger charge is 2.14. The minimum absolute atomic E-state index is 1.26. The lowest BCUT2D eigenvalue weighted by atomic mass is 9.89. The molecule has 0 spiro atoms. The van der Waals surface area contributed by atoms with Gasteiger partial charge in [-0.2, -0.15) is 0 Å². The number of hydrogen-bond acceptors (Lipinski definition) is 0. The molecule has 0 aliphatic rings. The van der Waals surface area contributed by atoms with E-state index < -0.39 is 0 Å². The molecule has 0 aliphatic heterocycles. The van der Waals surface area contributed by atoms with E-state index in [2.05, 4.69) is 89.0 Å². The van der Waals surface area contributed by atoms with Crippen LogP contribution in [0.4, 0.5) is 0 Å². The molecule has 5 aromatic carbocycles. The van der Waals surface area contributed by atoms with Crippen LogP contribution in [0.15, 0.2) is 72.8 Å². The van der Waals surface area contributed by atoms with Crippen LogP contribution in [0.25, 0.3) is 43.4 Å². The highest BCUT2D eigenvalue weighted by Crippen LogP contribution is 2.39. The van der Waals surface area contributed by atoms with Crippen LogP contribution in [-0.2, 0) is 0 Å². The lowest BCUT2D eigenvalue weighted by Gasteiger charge is -2.16. The van der Waals surface area contributed by atoms with Gasteiger partial charge >= 0.3 is 0 Å². The third kappa shape index (κ3) is 1.90. The standard InChI is InChI=1S/C23H17P/c1-14-4-2-7-17(12-14)22-19-11-10-16-6-3-5-15-8-9-18(13-20(22)24)23(19)21(15)16/h2-13H,24H2,1H3. The minimum Gasteiger partial charge on any atom is -0.105 e. The van der Waals surface area contributed by atoms with Gasteiger partial charge < -0.3 is 0 Å². The molecule has 0 saturated heterocycles. The van der Waals surface area contributed by atoms with Crippen LogP contribution in [0.2, 0.25) is 0 Å².